The summed E-state index contributed by atoms with van der Waals surface area (Å²) >= 11 is 0. The molecule has 0 saturated carbocycles. The van der Waals surface area contributed by atoms with Crippen molar-refractivity contribution in [1.29, 1.82) is 0 Å². The molecule has 0 fully saturated rings. The first-order valence-electron chi connectivity index (χ1n) is 5.72. The van der Waals surface area contributed by atoms with E-state index in [2.05, 4.69) is 9.98 Å². The monoisotopic (exact) mass is 262 g/mol. The van der Waals surface area contributed by atoms with Gasteiger partial charge in [0.15, 0.2) is 0 Å². The molecule has 0 radical (unpaired) electrons. The minimum atomic E-state index is -4.33. The highest BCUT2D eigenvalue weighted by atomic mass is 19.4. The van der Waals surface area contributed by atoms with Crippen molar-refractivity contribution >= 4 is 11.4 Å². The molecule has 2 heterocycles. The lowest BCUT2D eigenvalue weighted by atomic mass is 10.0. The zero-order valence-electron chi connectivity index (χ0n) is 9.78. The quantitative estimate of drug-likeness (QED) is 0.767. The molecular weight excluding hydrogens is 253 g/mol. The number of alkyl halides is 3. The number of nitrogens with zero attached hydrogens (tertiary/aromatic N) is 2. The summed E-state index contributed by atoms with van der Waals surface area (Å²) in [7, 11) is 0. The van der Waals surface area contributed by atoms with Crippen LogP contribution in [0, 0.1) is 0 Å². The minimum Gasteiger partial charge on any atom is -0.265 e. The lowest BCUT2D eigenvalue weighted by Gasteiger charge is -2.07. The van der Waals surface area contributed by atoms with E-state index in [1.165, 1.54) is 6.07 Å². The Bertz CT molecular complexity index is 645. The van der Waals surface area contributed by atoms with Crippen LogP contribution in [0.4, 0.5) is 18.9 Å². The molecule has 5 heteroatoms. The summed E-state index contributed by atoms with van der Waals surface area (Å²) in [5, 5.41) is 0. The molecule has 19 heavy (non-hydrogen) atoms. The summed E-state index contributed by atoms with van der Waals surface area (Å²) in [5.41, 5.74) is 2.23. The third kappa shape index (κ3) is 2.23. The molecule has 0 aliphatic carbocycles. The number of aromatic nitrogens is 1. The van der Waals surface area contributed by atoms with Crippen LogP contribution in [0.5, 0.6) is 0 Å². The van der Waals surface area contributed by atoms with Crippen LogP contribution in [0.1, 0.15) is 16.7 Å². The average molecular weight is 262 g/mol. The molecule has 0 unspecified atom stereocenters. The molecule has 0 saturated heterocycles. The number of rotatable bonds is 1. The second-order valence-electron chi connectivity index (χ2n) is 4.31. The summed E-state index contributed by atoms with van der Waals surface area (Å²) in [4.78, 5) is 8.19. The Morgan fingerprint density at radius 2 is 1.74 bits per heavy atom. The number of aliphatic imine (C=N–C) groups is 1. The van der Waals surface area contributed by atoms with E-state index in [1.54, 1.807) is 24.5 Å². The molecule has 1 aliphatic rings. The van der Waals surface area contributed by atoms with E-state index in [4.69, 9.17) is 0 Å². The molecule has 0 spiro atoms. The SMILES string of the molecule is FC(F)(F)c1ccc2c(c1)N=C(c1ccncc1)C2. The van der Waals surface area contributed by atoms with Crippen LogP contribution in [0.25, 0.3) is 0 Å². The zero-order valence-corrected chi connectivity index (χ0v) is 9.78. The van der Waals surface area contributed by atoms with Crippen LogP contribution < -0.4 is 0 Å². The van der Waals surface area contributed by atoms with Crippen LogP contribution >= 0.6 is 0 Å². The molecule has 0 bridgehead atoms. The van der Waals surface area contributed by atoms with Crippen molar-refractivity contribution < 1.29 is 13.2 Å². The predicted octanol–water partition coefficient (Wildman–Crippen LogP) is 3.78. The van der Waals surface area contributed by atoms with E-state index in [-0.39, 0.29) is 0 Å². The second kappa shape index (κ2) is 4.19. The summed E-state index contributed by atoms with van der Waals surface area (Å²) < 4.78 is 37.9. The fraction of sp³-hybridized carbons (Fsp3) is 0.143. The van der Waals surface area contributed by atoms with Crippen LogP contribution in [0.2, 0.25) is 0 Å². The van der Waals surface area contributed by atoms with Crippen molar-refractivity contribution in [2.75, 3.05) is 0 Å². The maximum atomic E-state index is 12.6. The van der Waals surface area contributed by atoms with E-state index in [9.17, 15) is 13.2 Å². The van der Waals surface area contributed by atoms with Crippen molar-refractivity contribution in [2.24, 2.45) is 4.99 Å². The van der Waals surface area contributed by atoms with Crippen LogP contribution in [-0.2, 0) is 12.6 Å². The molecule has 1 aromatic carbocycles. The van der Waals surface area contributed by atoms with Gasteiger partial charge in [-0.05, 0) is 35.4 Å². The standard InChI is InChI=1S/C14H9F3N2/c15-14(16,17)11-2-1-10-7-12(19-13(10)8-11)9-3-5-18-6-4-9/h1-6,8H,7H2. The largest absolute Gasteiger partial charge is 0.416 e. The fourth-order valence-corrected chi connectivity index (χ4v) is 2.07. The highest BCUT2D eigenvalue weighted by Gasteiger charge is 2.31. The molecule has 3 rings (SSSR count). The maximum Gasteiger partial charge on any atom is 0.416 e. The van der Waals surface area contributed by atoms with Crippen molar-refractivity contribution in [3.63, 3.8) is 0 Å². The first-order valence-corrected chi connectivity index (χ1v) is 5.72. The smallest absolute Gasteiger partial charge is 0.265 e. The van der Waals surface area contributed by atoms with Gasteiger partial charge in [-0.2, -0.15) is 13.2 Å². The average Bonchev–Trinajstić information content (AvgIpc) is 2.81. The van der Waals surface area contributed by atoms with Crippen molar-refractivity contribution in [1.82, 2.24) is 4.98 Å². The summed E-state index contributed by atoms with van der Waals surface area (Å²) in [6, 6.07) is 7.30. The summed E-state index contributed by atoms with van der Waals surface area (Å²) in [6.45, 7) is 0. The topological polar surface area (TPSA) is 25.2 Å². The van der Waals surface area contributed by atoms with Crippen LogP contribution in [0.15, 0.2) is 47.7 Å². The van der Waals surface area contributed by atoms with Gasteiger partial charge in [-0.25, -0.2) is 0 Å². The first kappa shape index (κ1) is 11.9. The van der Waals surface area contributed by atoms with Crippen LogP contribution in [0.3, 0.4) is 0 Å². The third-order valence-electron chi connectivity index (χ3n) is 3.04. The van der Waals surface area contributed by atoms with Crippen molar-refractivity contribution in [3.8, 4) is 0 Å². The number of halogens is 3. The lowest BCUT2D eigenvalue weighted by molar-refractivity contribution is -0.137. The minimum absolute atomic E-state index is 0.404. The summed E-state index contributed by atoms with van der Waals surface area (Å²) in [6.07, 6.45) is -0.495. The van der Waals surface area contributed by atoms with E-state index >= 15 is 0 Å². The van der Waals surface area contributed by atoms with Gasteiger partial charge in [0.25, 0.3) is 0 Å². The molecule has 0 amide bonds. The van der Waals surface area contributed by atoms with E-state index in [0.717, 1.165) is 29.0 Å². The van der Waals surface area contributed by atoms with Gasteiger partial charge in [0.2, 0.25) is 0 Å². The van der Waals surface area contributed by atoms with Gasteiger partial charge in [-0.1, -0.05) is 6.07 Å². The maximum absolute atomic E-state index is 12.6. The molecule has 0 atom stereocenters. The Hall–Kier alpha value is -2.17. The van der Waals surface area contributed by atoms with E-state index in [1.807, 2.05) is 0 Å². The van der Waals surface area contributed by atoms with Gasteiger partial charge in [0.05, 0.1) is 17.0 Å². The second-order valence-corrected chi connectivity index (χ2v) is 4.31. The van der Waals surface area contributed by atoms with Crippen LogP contribution in [-0.4, -0.2) is 10.7 Å². The lowest BCUT2D eigenvalue weighted by Crippen LogP contribution is -2.04. The van der Waals surface area contributed by atoms with Crippen molar-refractivity contribution in [2.45, 2.75) is 12.6 Å². The summed E-state index contributed by atoms with van der Waals surface area (Å²) in [5.74, 6) is 0. The fourth-order valence-electron chi connectivity index (χ4n) is 2.07. The number of hydrogen-bond donors (Lipinski definition) is 0. The zero-order chi connectivity index (χ0) is 13.5. The van der Waals surface area contributed by atoms with E-state index in [0.29, 0.717) is 12.1 Å². The number of benzene rings is 1. The molecule has 0 N–H and O–H groups in total. The first-order chi connectivity index (χ1) is 9.04. The predicted molar refractivity (Wildman–Crippen MR) is 65.6 cm³/mol. The highest BCUT2D eigenvalue weighted by Crippen LogP contribution is 2.36. The Balaban J connectivity index is 1.99. The normalized spacial score (nSPS) is 14.2. The molecular formula is C14H9F3N2. The Kier molecular flexibility index (Phi) is 2.62. The van der Waals surface area contributed by atoms with Crippen molar-refractivity contribution in [3.05, 3.63) is 59.4 Å². The molecule has 1 aliphatic heterocycles. The molecule has 2 nitrogen and oxygen atoms in total. The Morgan fingerprint density at radius 1 is 1.00 bits per heavy atom. The van der Waals surface area contributed by atoms with Gasteiger partial charge in [0, 0.05) is 18.8 Å². The number of fused-ring (bicyclic) bond motifs is 1. The van der Waals surface area contributed by atoms with Gasteiger partial charge >= 0.3 is 6.18 Å². The highest BCUT2D eigenvalue weighted by molar-refractivity contribution is 6.06. The Morgan fingerprint density at radius 3 is 2.42 bits per heavy atom. The van der Waals surface area contributed by atoms with Gasteiger partial charge < -0.3 is 0 Å². The number of pyridine rings is 1. The molecule has 2 aromatic rings. The van der Waals surface area contributed by atoms with Gasteiger partial charge in [-0.15, -0.1) is 0 Å². The molecule has 1 aromatic heterocycles. The van der Waals surface area contributed by atoms with Gasteiger partial charge in [0.1, 0.15) is 0 Å². The molecule has 96 valence electrons. The Labute approximate surface area is 107 Å². The van der Waals surface area contributed by atoms with E-state index < -0.39 is 11.7 Å². The number of hydrogen-bond acceptors (Lipinski definition) is 2. The third-order valence-corrected chi connectivity index (χ3v) is 3.04. The van der Waals surface area contributed by atoms with Gasteiger partial charge in [-0.3, -0.25) is 9.98 Å².